The van der Waals surface area contributed by atoms with Gasteiger partial charge in [-0.15, -0.1) is 0 Å². The van der Waals surface area contributed by atoms with Gasteiger partial charge in [-0.25, -0.2) is 4.98 Å². The van der Waals surface area contributed by atoms with Crippen LogP contribution < -0.4 is 4.90 Å². The first-order valence-electron chi connectivity index (χ1n) is 6.63. The lowest BCUT2D eigenvalue weighted by atomic mass is 9.93. The first-order chi connectivity index (χ1) is 9.56. The summed E-state index contributed by atoms with van der Waals surface area (Å²) >= 11 is 0. The molecule has 1 N–H and O–H groups in total. The van der Waals surface area contributed by atoms with Crippen LogP contribution in [0.15, 0.2) is 18.3 Å². The van der Waals surface area contributed by atoms with Crippen molar-refractivity contribution < 1.29 is 14.8 Å². The van der Waals surface area contributed by atoms with Crippen molar-refractivity contribution in [3.63, 3.8) is 0 Å². The zero-order valence-electron chi connectivity index (χ0n) is 11.1. The summed E-state index contributed by atoms with van der Waals surface area (Å²) in [6, 6.07) is 3.10. The molecule has 0 amide bonds. The van der Waals surface area contributed by atoms with E-state index < -0.39 is 10.9 Å². The van der Waals surface area contributed by atoms with Crippen LogP contribution in [0.2, 0.25) is 0 Å². The van der Waals surface area contributed by atoms with Gasteiger partial charge in [-0.3, -0.25) is 14.9 Å². The van der Waals surface area contributed by atoms with Crippen LogP contribution in [0.5, 0.6) is 0 Å². The Morgan fingerprint density at radius 3 is 2.95 bits per heavy atom. The summed E-state index contributed by atoms with van der Waals surface area (Å²) < 4.78 is 0. The third-order valence-corrected chi connectivity index (χ3v) is 3.55. The van der Waals surface area contributed by atoms with Crippen LogP contribution in [0, 0.1) is 16.0 Å². The molecule has 2 heterocycles. The van der Waals surface area contributed by atoms with Crippen LogP contribution in [0.25, 0.3) is 0 Å². The van der Waals surface area contributed by atoms with Crippen molar-refractivity contribution in [2.45, 2.75) is 25.7 Å². The van der Waals surface area contributed by atoms with Crippen molar-refractivity contribution in [1.82, 2.24) is 4.98 Å². The number of piperidine rings is 1. The Morgan fingerprint density at radius 2 is 2.35 bits per heavy atom. The first-order valence-corrected chi connectivity index (χ1v) is 6.63. The molecule has 0 spiro atoms. The lowest BCUT2D eigenvalue weighted by Gasteiger charge is -2.33. The van der Waals surface area contributed by atoms with Gasteiger partial charge in [0.15, 0.2) is 0 Å². The monoisotopic (exact) mass is 279 g/mol. The summed E-state index contributed by atoms with van der Waals surface area (Å²) in [5.74, 6) is 0.294. The minimum absolute atomic E-state index is 0.0202. The molecular weight excluding hydrogens is 262 g/mol. The summed E-state index contributed by atoms with van der Waals surface area (Å²) in [5.41, 5.74) is -0.0202. The van der Waals surface area contributed by atoms with Crippen LogP contribution in [0.1, 0.15) is 25.7 Å². The summed E-state index contributed by atoms with van der Waals surface area (Å²) in [5, 5.41) is 19.3. The van der Waals surface area contributed by atoms with Gasteiger partial charge in [0.25, 0.3) is 5.69 Å². The molecule has 0 saturated carbocycles. The van der Waals surface area contributed by atoms with Crippen LogP contribution >= 0.6 is 0 Å². The Labute approximate surface area is 116 Å². The van der Waals surface area contributed by atoms with Crippen molar-refractivity contribution in [1.29, 1.82) is 0 Å². The van der Waals surface area contributed by atoms with E-state index in [-0.39, 0.29) is 12.1 Å². The highest BCUT2D eigenvalue weighted by Gasteiger charge is 2.21. The highest BCUT2D eigenvalue weighted by molar-refractivity contribution is 5.66. The summed E-state index contributed by atoms with van der Waals surface area (Å²) in [7, 11) is 0. The van der Waals surface area contributed by atoms with E-state index in [1.54, 1.807) is 6.07 Å². The van der Waals surface area contributed by atoms with Gasteiger partial charge in [0.2, 0.25) is 0 Å². The van der Waals surface area contributed by atoms with Crippen molar-refractivity contribution in [3.8, 4) is 0 Å². The molecule has 108 valence electrons. The molecule has 0 aliphatic carbocycles. The Morgan fingerprint density at radius 1 is 1.55 bits per heavy atom. The zero-order chi connectivity index (χ0) is 14.5. The van der Waals surface area contributed by atoms with Gasteiger partial charge in [0.05, 0.1) is 4.92 Å². The normalized spacial score (nSPS) is 18.8. The van der Waals surface area contributed by atoms with E-state index in [2.05, 4.69) is 9.88 Å². The lowest BCUT2D eigenvalue weighted by Crippen LogP contribution is -2.36. The SMILES string of the molecule is O=C(O)CCC1CCCN(c2ccc([N+](=O)[O-])cn2)C1. The number of hydrogen-bond donors (Lipinski definition) is 1. The van der Waals surface area contributed by atoms with Crippen molar-refractivity contribution >= 4 is 17.5 Å². The zero-order valence-corrected chi connectivity index (χ0v) is 11.1. The Hall–Kier alpha value is -2.18. The fourth-order valence-corrected chi connectivity index (χ4v) is 2.51. The van der Waals surface area contributed by atoms with E-state index in [1.165, 1.54) is 12.3 Å². The number of anilines is 1. The van der Waals surface area contributed by atoms with Crippen LogP contribution in [0.4, 0.5) is 11.5 Å². The maximum atomic E-state index is 10.6. The summed E-state index contributed by atoms with van der Waals surface area (Å²) in [4.78, 5) is 26.9. The molecular formula is C13H17N3O4. The topological polar surface area (TPSA) is 96.6 Å². The van der Waals surface area contributed by atoms with E-state index >= 15 is 0 Å². The van der Waals surface area contributed by atoms with Crippen LogP contribution in [-0.2, 0) is 4.79 Å². The third-order valence-electron chi connectivity index (χ3n) is 3.55. The number of nitro groups is 1. The minimum Gasteiger partial charge on any atom is -0.481 e. The van der Waals surface area contributed by atoms with E-state index in [1.807, 2.05) is 0 Å². The van der Waals surface area contributed by atoms with Gasteiger partial charge < -0.3 is 10.0 Å². The summed E-state index contributed by atoms with van der Waals surface area (Å²) in [6.45, 7) is 1.62. The van der Waals surface area contributed by atoms with Gasteiger partial charge in [0.1, 0.15) is 12.0 Å². The Bertz CT molecular complexity index is 489. The molecule has 7 nitrogen and oxygen atoms in total. The van der Waals surface area contributed by atoms with Gasteiger partial charge in [-0.1, -0.05) is 0 Å². The Balaban J connectivity index is 1.97. The minimum atomic E-state index is -0.768. The van der Waals surface area contributed by atoms with E-state index in [9.17, 15) is 14.9 Å². The maximum Gasteiger partial charge on any atom is 0.303 e. The highest BCUT2D eigenvalue weighted by atomic mass is 16.6. The lowest BCUT2D eigenvalue weighted by molar-refractivity contribution is -0.385. The number of hydrogen-bond acceptors (Lipinski definition) is 5. The number of carbonyl (C=O) groups is 1. The molecule has 1 aromatic heterocycles. The van der Waals surface area contributed by atoms with E-state index in [4.69, 9.17) is 5.11 Å². The van der Waals surface area contributed by atoms with Crippen molar-refractivity contribution in [2.75, 3.05) is 18.0 Å². The molecule has 1 aliphatic rings. The molecule has 2 rings (SSSR count). The maximum absolute atomic E-state index is 10.6. The average Bonchev–Trinajstić information content (AvgIpc) is 2.45. The molecule has 7 heteroatoms. The quantitative estimate of drug-likeness (QED) is 0.654. The highest BCUT2D eigenvalue weighted by Crippen LogP contribution is 2.25. The first kappa shape index (κ1) is 14.2. The summed E-state index contributed by atoms with van der Waals surface area (Å²) in [6.07, 6.45) is 4.13. The molecule has 0 aromatic carbocycles. The van der Waals surface area contributed by atoms with E-state index in [0.29, 0.717) is 12.3 Å². The number of carboxylic acids is 1. The predicted molar refractivity (Wildman–Crippen MR) is 72.7 cm³/mol. The smallest absolute Gasteiger partial charge is 0.303 e. The largest absolute Gasteiger partial charge is 0.481 e. The number of rotatable bonds is 5. The standard InChI is InChI=1S/C13H17N3O4/c17-13(18)6-3-10-2-1-7-15(9-10)12-5-4-11(8-14-12)16(19)20/h4-5,8,10H,1-3,6-7,9H2,(H,17,18). The average molecular weight is 279 g/mol. The van der Waals surface area contributed by atoms with Crippen molar-refractivity contribution in [2.24, 2.45) is 5.92 Å². The Kier molecular flexibility index (Phi) is 4.49. The fraction of sp³-hybridized carbons (Fsp3) is 0.538. The molecule has 1 aromatic rings. The molecule has 1 aliphatic heterocycles. The number of aliphatic carboxylic acids is 1. The second-order valence-corrected chi connectivity index (χ2v) is 5.02. The van der Waals surface area contributed by atoms with Crippen LogP contribution in [0.3, 0.4) is 0 Å². The van der Waals surface area contributed by atoms with Gasteiger partial charge in [-0.05, 0) is 31.2 Å². The number of aromatic nitrogens is 1. The molecule has 1 fully saturated rings. The van der Waals surface area contributed by atoms with Gasteiger partial charge in [0, 0.05) is 25.6 Å². The predicted octanol–water partition coefficient (Wildman–Crippen LogP) is 2.07. The molecule has 1 unspecified atom stereocenters. The third kappa shape index (κ3) is 3.66. The molecule has 0 bridgehead atoms. The number of pyridine rings is 1. The number of nitrogens with zero attached hydrogens (tertiary/aromatic N) is 3. The fourth-order valence-electron chi connectivity index (χ4n) is 2.51. The molecule has 20 heavy (non-hydrogen) atoms. The van der Waals surface area contributed by atoms with Gasteiger partial charge >= 0.3 is 5.97 Å². The van der Waals surface area contributed by atoms with Crippen molar-refractivity contribution in [3.05, 3.63) is 28.4 Å². The van der Waals surface area contributed by atoms with E-state index in [0.717, 1.165) is 31.7 Å². The second-order valence-electron chi connectivity index (χ2n) is 5.02. The molecule has 1 saturated heterocycles. The molecule has 1 atom stereocenters. The molecule has 0 radical (unpaired) electrons. The van der Waals surface area contributed by atoms with Gasteiger partial charge in [-0.2, -0.15) is 0 Å². The number of carboxylic acid groups (broad SMARTS) is 1. The van der Waals surface area contributed by atoms with Crippen LogP contribution in [-0.4, -0.2) is 34.1 Å². The second kappa shape index (κ2) is 6.31.